The summed E-state index contributed by atoms with van der Waals surface area (Å²) in [6, 6.07) is 22.0. The molecule has 0 N–H and O–H groups in total. The molecule has 0 atom stereocenters. The third-order valence-electron chi connectivity index (χ3n) is 4.74. The van der Waals surface area contributed by atoms with Crippen LogP contribution in [0.4, 0.5) is 8.78 Å². The zero-order valence-corrected chi connectivity index (χ0v) is 12.7. The summed E-state index contributed by atoms with van der Waals surface area (Å²) < 4.78 is 29.1. The molecule has 0 aromatic heterocycles. The number of rotatable bonds is 0. The van der Waals surface area contributed by atoms with Crippen LogP contribution >= 0.6 is 0 Å². The van der Waals surface area contributed by atoms with E-state index in [9.17, 15) is 8.78 Å². The Morgan fingerprint density at radius 2 is 0.833 bits per heavy atom. The highest BCUT2D eigenvalue weighted by Crippen LogP contribution is 2.35. The SMILES string of the molecule is Fc1cc2ccccc2c2cc3c(cc12)c(F)cc1ccccc13. The third-order valence-corrected chi connectivity index (χ3v) is 4.74. The summed E-state index contributed by atoms with van der Waals surface area (Å²) in [4.78, 5) is 0. The van der Waals surface area contributed by atoms with Crippen LogP contribution in [0.15, 0.2) is 72.8 Å². The van der Waals surface area contributed by atoms with E-state index in [1.165, 1.54) is 12.1 Å². The maximum absolute atomic E-state index is 14.6. The molecule has 0 saturated heterocycles. The van der Waals surface area contributed by atoms with Gasteiger partial charge in [0.25, 0.3) is 0 Å². The standard InChI is InChI=1S/C22H12F2/c23-21-9-13-5-1-3-7-15(13)17-11-18-16-8-4-2-6-14(16)10-22(24)20(18)12-19(17)21/h1-12H. The number of benzene rings is 5. The van der Waals surface area contributed by atoms with Crippen molar-refractivity contribution in [2.45, 2.75) is 0 Å². The molecule has 5 rings (SSSR count). The number of fused-ring (bicyclic) bond motifs is 6. The van der Waals surface area contributed by atoms with Crippen molar-refractivity contribution in [2.75, 3.05) is 0 Å². The average molecular weight is 314 g/mol. The molecule has 0 fully saturated rings. The Bertz CT molecular complexity index is 1170. The van der Waals surface area contributed by atoms with Crippen LogP contribution in [0.25, 0.3) is 43.1 Å². The molecule has 24 heavy (non-hydrogen) atoms. The molecule has 0 spiro atoms. The third kappa shape index (κ3) is 1.77. The molecular formula is C22H12F2. The molecule has 5 aromatic carbocycles. The zero-order chi connectivity index (χ0) is 16.3. The summed E-state index contributed by atoms with van der Waals surface area (Å²) in [5.41, 5.74) is 0. The first kappa shape index (κ1) is 13.4. The van der Waals surface area contributed by atoms with E-state index in [0.717, 1.165) is 32.3 Å². The Kier molecular flexibility index (Phi) is 2.66. The van der Waals surface area contributed by atoms with Crippen LogP contribution in [0, 0.1) is 11.6 Å². The van der Waals surface area contributed by atoms with Gasteiger partial charge in [0.15, 0.2) is 0 Å². The Morgan fingerprint density at radius 1 is 0.417 bits per heavy atom. The van der Waals surface area contributed by atoms with Gasteiger partial charge in [-0.05, 0) is 56.6 Å². The van der Waals surface area contributed by atoms with Gasteiger partial charge in [0.2, 0.25) is 0 Å². The lowest BCUT2D eigenvalue weighted by molar-refractivity contribution is 0.639. The molecule has 0 nitrogen and oxygen atoms in total. The van der Waals surface area contributed by atoms with Crippen molar-refractivity contribution in [3.63, 3.8) is 0 Å². The van der Waals surface area contributed by atoms with Crippen molar-refractivity contribution >= 4 is 43.1 Å². The van der Waals surface area contributed by atoms with Gasteiger partial charge in [0.05, 0.1) is 0 Å². The van der Waals surface area contributed by atoms with E-state index in [-0.39, 0.29) is 11.6 Å². The summed E-state index contributed by atoms with van der Waals surface area (Å²) in [7, 11) is 0. The summed E-state index contributed by atoms with van der Waals surface area (Å²) in [5, 5.41) is 6.19. The molecule has 114 valence electrons. The van der Waals surface area contributed by atoms with E-state index in [2.05, 4.69) is 0 Å². The van der Waals surface area contributed by atoms with E-state index in [1.54, 1.807) is 6.07 Å². The van der Waals surface area contributed by atoms with E-state index in [4.69, 9.17) is 0 Å². The van der Waals surface area contributed by atoms with Crippen LogP contribution in [-0.2, 0) is 0 Å². The highest BCUT2D eigenvalue weighted by Gasteiger charge is 2.12. The van der Waals surface area contributed by atoms with Crippen LogP contribution in [0.1, 0.15) is 0 Å². The average Bonchev–Trinajstić information content (AvgIpc) is 2.61. The maximum atomic E-state index is 14.6. The van der Waals surface area contributed by atoms with Gasteiger partial charge >= 0.3 is 0 Å². The lowest BCUT2D eigenvalue weighted by Gasteiger charge is -2.10. The van der Waals surface area contributed by atoms with Gasteiger partial charge in [-0.1, -0.05) is 48.5 Å². The van der Waals surface area contributed by atoms with Crippen molar-refractivity contribution in [1.29, 1.82) is 0 Å². The van der Waals surface area contributed by atoms with Gasteiger partial charge in [0, 0.05) is 10.8 Å². The van der Waals surface area contributed by atoms with Gasteiger partial charge in [0.1, 0.15) is 11.6 Å². The van der Waals surface area contributed by atoms with Gasteiger partial charge in [-0.3, -0.25) is 0 Å². The molecule has 0 amide bonds. The topological polar surface area (TPSA) is 0 Å². The fourth-order valence-electron chi connectivity index (χ4n) is 3.61. The second-order valence-electron chi connectivity index (χ2n) is 6.10. The van der Waals surface area contributed by atoms with Crippen LogP contribution < -0.4 is 0 Å². The largest absolute Gasteiger partial charge is 0.206 e. The quantitative estimate of drug-likeness (QED) is 0.224. The summed E-state index contributed by atoms with van der Waals surface area (Å²) in [6.45, 7) is 0. The van der Waals surface area contributed by atoms with Crippen molar-refractivity contribution in [2.24, 2.45) is 0 Å². The molecule has 0 aliphatic heterocycles. The summed E-state index contributed by atoms with van der Waals surface area (Å²) >= 11 is 0. The molecule has 0 saturated carbocycles. The minimum atomic E-state index is -0.321. The van der Waals surface area contributed by atoms with Crippen molar-refractivity contribution in [3.8, 4) is 0 Å². The zero-order valence-electron chi connectivity index (χ0n) is 12.7. The van der Waals surface area contributed by atoms with Crippen LogP contribution in [0.3, 0.4) is 0 Å². The summed E-state index contributed by atoms with van der Waals surface area (Å²) in [5.74, 6) is -0.642. The molecule has 5 aromatic rings. The first-order chi connectivity index (χ1) is 11.7. The molecule has 0 aliphatic carbocycles. The molecule has 0 bridgehead atoms. The summed E-state index contributed by atoms with van der Waals surface area (Å²) in [6.07, 6.45) is 0. The highest BCUT2D eigenvalue weighted by molar-refractivity contribution is 6.17. The van der Waals surface area contributed by atoms with Crippen LogP contribution in [0.5, 0.6) is 0 Å². The second-order valence-corrected chi connectivity index (χ2v) is 6.10. The fraction of sp³-hybridized carbons (Fsp3) is 0. The number of hydrogen-bond acceptors (Lipinski definition) is 0. The first-order valence-electron chi connectivity index (χ1n) is 7.84. The molecule has 0 aliphatic rings. The lowest BCUT2D eigenvalue weighted by atomic mass is 9.95. The normalized spacial score (nSPS) is 11.8. The molecule has 0 unspecified atom stereocenters. The van der Waals surface area contributed by atoms with Crippen LogP contribution in [-0.4, -0.2) is 0 Å². The van der Waals surface area contributed by atoms with E-state index >= 15 is 0 Å². The number of halogens is 2. The Hall–Kier alpha value is -3.00. The smallest absolute Gasteiger partial charge is 0.131 e. The lowest BCUT2D eigenvalue weighted by Crippen LogP contribution is -1.88. The van der Waals surface area contributed by atoms with E-state index in [0.29, 0.717) is 10.8 Å². The Morgan fingerprint density at radius 3 is 1.33 bits per heavy atom. The predicted octanol–water partition coefficient (Wildman–Crippen LogP) is 6.58. The van der Waals surface area contributed by atoms with Gasteiger partial charge in [-0.25, -0.2) is 8.78 Å². The van der Waals surface area contributed by atoms with Gasteiger partial charge in [-0.15, -0.1) is 0 Å². The monoisotopic (exact) mass is 314 g/mol. The molecule has 2 heteroatoms. The van der Waals surface area contributed by atoms with Crippen molar-refractivity contribution in [3.05, 3.63) is 84.4 Å². The van der Waals surface area contributed by atoms with Crippen molar-refractivity contribution in [1.82, 2.24) is 0 Å². The molecule has 0 radical (unpaired) electrons. The van der Waals surface area contributed by atoms with Crippen LogP contribution in [0.2, 0.25) is 0 Å². The van der Waals surface area contributed by atoms with E-state index in [1.807, 2.05) is 54.6 Å². The highest BCUT2D eigenvalue weighted by atomic mass is 19.1. The molecular weight excluding hydrogens is 302 g/mol. The van der Waals surface area contributed by atoms with E-state index < -0.39 is 0 Å². The van der Waals surface area contributed by atoms with Gasteiger partial charge < -0.3 is 0 Å². The first-order valence-corrected chi connectivity index (χ1v) is 7.84. The Labute approximate surface area is 136 Å². The predicted molar refractivity (Wildman–Crippen MR) is 96.4 cm³/mol. The van der Waals surface area contributed by atoms with Gasteiger partial charge in [-0.2, -0.15) is 0 Å². The second kappa shape index (κ2) is 4.75. The minimum Gasteiger partial charge on any atom is -0.206 e. The number of hydrogen-bond donors (Lipinski definition) is 0. The Balaban J connectivity index is 2.10. The minimum absolute atomic E-state index is 0.321. The fourth-order valence-corrected chi connectivity index (χ4v) is 3.61. The van der Waals surface area contributed by atoms with Crippen molar-refractivity contribution < 1.29 is 8.78 Å². The molecule has 0 heterocycles. The maximum Gasteiger partial charge on any atom is 0.131 e.